The lowest BCUT2D eigenvalue weighted by molar-refractivity contribution is 0.602. The van der Waals surface area contributed by atoms with Gasteiger partial charge in [0.1, 0.15) is 17.2 Å². The summed E-state index contributed by atoms with van der Waals surface area (Å²) < 4.78 is 22.0. The highest BCUT2D eigenvalue weighted by Gasteiger charge is 2.30. The van der Waals surface area contributed by atoms with Crippen LogP contribution in [0.2, 0.25) is 0 Å². The van der Waals surface area contributed by atoms with Crippen molar-refractivity contribution >= 4 is 33.0 Å². The summed E-state index contributed by atoms with van der Waals surface area (Å²) in [6, 6.07) is 6.88. The number of rotatable bonds is 2. The number of benzene rings is 1. The van der Waals surface area contributed by atoms with Crippen LogP contribution in [0.3, 0.4) is 0 Å². The van der Waals surface area contributed by atoms with E-state index in [1.165, 1.54) is 12.5 Å². The summed E-state index contributed by atoms with van der Waals surface area (Å²) in [6.07, 6.45) is 4.68. The molecular formula is C19H12FN5O2. The van der Waals surface area contributed by atoms with Crippen LogP contribution < -0.4 is 5.56 Å². The highest BCUT2D eigenvalue weighted by molar-refractivity contribution is 6.00. The van der Waals surface area contributed by atoms with Gasteiger partial charge in [-0.2, -0.15) is 5.10 Å². The molecular weight excluding hydrogens is 349 g/mol. The maximum absolute atomic E-state index is 15.0. The fraction of sp³-hybridized carbons (Fsp3) is 0.158. The standard InChI is InChI=1S/C19H12FN5O2/c20-13-6-12-17-16(21-8-27-17)19(26)25(11-2-3-11)18(12)23-15(13)9-1-4-14-10(5-9)7-22-24-14/h1,4-8,11H,2-3H2,(H,22,24). The zero-order valence-corrected chi connectivity index (χ0v) is 13.9. The third-order valence-corrected chi connectivity index (χ3v) is 5.04. The van der Waals surface area contributed by atoms with E-state index in [4.69, 9.17) is 4.42 Å². The lowest BCUT2D eigenvalue weighted by Crippen LogP contribution is -2.21. The number of nitrogens with one attached hydrogen (secondary N) is 1. The van der Waals surface area contributed by atoms with E-state index >= 15 is 0 Å². The van der Waals surface area contributed by atoms with E-state index in [1.807, 2.05) is 12.1 Å². The zero-order chi connectivity index (χ0) is 18.1. The molecule has 0 bridgehead atoms. The molecule has 0 unspecified atom stereocenters. The predicted octanol–water partition coefficient (Wildman–Crippen LogP) is 3.56. The van der Waals surface area contributed by atoms with Crippen molar-refractivity contribution in [2.45, 2.75) is 18.9 Å². The fourth-order valence-corrected chi connectivity index (χ4v) is 3.59. The van der Waals surface area contributed by atoms with E-state index in [0.717, 1.165) is 23.7 Å². The Labute approximate surface area is 150 Å². The van der Waals surface area contributed by atoms with Gasteiger partial charge in [0.25, 0.3) is 5.56 Å². The molecule has 0 radical (unpaired) electrons. The van der Waals surface area contributed by atoms with Crippen molar-refractivity contribution in [2.24, 2.45) is 0 Å². The predicted molar refractivity (Wildman–Crippen MR) is 96.9 cm³/mol. The summed E-state index contributed by atoms with van der Waals surface area (Å²) in [4.78, 5) is 21.4. The van der Waals surface area contributed by atoms with Gasteiger partial charge in [-0.05, 0) is 31.0 Å². The molecule has 0 aliphatic heterocycles. The molecule has 1 saturated carbocycles. The Kier molecular flexibility index (Phi) is 2.70. The Morgan fingerprint density at radius 1 is 1.26 bits per heavy atom. The van der Waals surface area contributed by atoms with E-state index in [9.17, 15) is 9.18 Å². The number of pyridine rings is 2. The minimum Gasteiger partial charge on any atom is -0.442 e. The molecule has 6 rings (SSSR count). The molecule has 132 valence electrons. The molecule has 4 aromatic heterocycles. The molecule has 0 saturated heterocycles. The molecule has 7 nitrogen and oxygen atoms in total. The number of H-pyrrole nitrogens is 1. The summed E-state index contributed by atoms with van der Waals surface area (Å²) in [6.45, 7) is 0. The largest absolute Gasteiger partial charge is 0.442 e. The number of fused-ring (bicyclic) bond motifs is 4. The number of halogens is 1. The summed E-state index contributed by atoms with van der Waals surface area (Å²) in [5.41, 5.74) is 2.34. The van der Waals surface area contributed by atoms with E-state index in [0.29, 0.717) is 16.6 Å². The molecule has 1 aliphatic rings. The number of hydrogen-bond acceptors (Lipinski definition) is 5. The molecule has 0 amide bonds. The highest BCUT2D eigenvalue weighted by Crippen LogP contribution is 2.38. The Morgan fingerprint density at radius 3 is 3.00 bits per heavy atom. The van der Waals surface area contributed by atoms with Crippen LogP contribution in [0.15, 0.2) is 46.1 Å². The molecule has 1 fully saturated rings. The van der Waals surface area contributed by atoms with Crippen LogP contribution in [0, 0.1) is 5.82 Å². The van der Waals surface area contributed by atoms with Gasteiger partial charge in [-0.15, -0.1) is 0 Å². The van der Waals surface area contributed by atoms with Gasteiger partial charge in [0.2, 0.25) is 0 Å². The fourth-order valence-electron chi connectivity index (χ4n) is 3.59. The van der Waals surface area contributed by atoms with Crippen molar-refractivity contribution in [3.8, 4) is 11.3 Å². The van der Waals surface area contributed by atoms with Crippen LogP contribution in [-0.4, -0.2) is 24.7 Å². The molecule has 1 N–H and O–H groups in total. The number of nitrogens with zero attached hydrogens (tertiary/aromatic N) is 4. The first-order chi connectivity index (χ1) is 13.2. The number of aromatic nitrogens is 5. The SMILES string of the molecule is O=c1c2ncoc2c2cc(F)c(-c3ccc4[nH]ncc4c3)nc2n1C1CC1. The summed E-state index contributed by atoms with van der Waals surface area (Å²) in [5, 5.41) is 8.18. The van der Waals surface area contributed by atoms with Crippen LogP contribution in [-0.2, 0) is 0 Å². The topological polar surface area (TPSA) is 89.6 Å². The minimum atomic E-state index is -0.482. The lowest BCUT2D eigenvalue weighted by Gasteiger charge is -2.11. The van der Waals surface area contributed by atoms with Crippen molar-refractivity contribution in [3.05, 3.63) is 53.0 Å². The zero-order valence-electron chi connectivity index (χ0n) is 13.9. The van der Waals surface area contributed by atoms with E-state index < -0.39 is 5.82 Å². The second kappa shape index (κ2) is 5.00. The second-order valence-corrected chi connectivity index (χ2v) is 6.80. The third kappa shape index (κ3) is 2.00. The molecule has 4 heterocycles. The van der Waals surface area contributed by atoms with Crippen molar-refractivity contribution in [3.63, 3.8) is 0 Å². The minimum absolute atomic E-state index is 0.0725. The van der Waals surface area contributed by atoms with E-state index in [1.54, 1.807) is 16.8 Å². The summed E-state index contributed by atoms with van der Waals surface area (Å²) in [5.74, 6) is -0.482. The first-order valence-corrected chi connectivity index (χ1v) is 8.62. The monoisotopic (exact) mass is 361 g/mol. The van der Waals surface area contributed by atoms with Crippen molar-refractivity contribution in [2.75, 3.05) is 0 Å². The number of hydrogen-bond donors (Lipinski definition) is 1. The van der Waals surface area contributed by atoms with Crippen LogP contribution in [0.5, 0.6) is 0 Å². The average Bonchev–Trinajstić information content (AvgIpc) is 3.19. The molecule has 1 aliphatic carbocycles. The van der Waals surface area contributed by atoms with Gasteiger partial charge in [0.05, 0.1) is 17.1 Å². The van der Waals surface area contributed by atoms with Crippen LogP contribution in [0.1, 0.15) is 18.9 Å². The van der Waals surface area contributed by atoms with Gasteiger partial charge < -0.3 is 4.42 Å². The van der Waals surface area contributed by atoms with Crippen molar-refractivity contribution < 1.29 is 8.81 Å². The normalized spacial score (nSPS) is 14.6. The van der Waals surface area contributed by atoms with Gasteiger partial charge in [-0.25, -0.2) is 14.4 Å². The Bertz CT molecular complexity index is 1430. The summed E-state index contributed by atoms with van der Waals surface area (Å²) in [7, 11) is 0. The molecule has 0 spiro atoms. The van der Waals surface area contributed by atoms with E-state index in [-0.39, 0.29) is 28.4 Å². The van der Waals surface area contributed by atoms with Gasteiger partial charge in [0, 0.05) is 17.0 Å². The van der Waals surface area contributed by atoms with Crippen LogP contribution >= 0.6 is 0 Å². The molecule has 0 atom stereocenters. The van der Waals surface area contributed by atoms with Gasteiger partial charge in [0.15, 0.2) is 17.5 Å². The lowest BCUT2D eigenvalue weighted by atomic mass is 10.1. The third-order valence-electron chi connectivity index (χ3n) is 5.04. The molecule has 1 aromatic carbocycles. The van der Waals surface area contributed by atoms with Crippen LogP contribution in [0.4, 0.5) is 4.39 Å². The maximum atomic E-state index is 15.0. The van der Waals surface area contributed by atoms with Crippen molar-refractivity contribution in [1.29, 1.82) is 0 Å². The van der Waals surface area contributed by atoms with E-state index in [2.05, 4.69) is 20.2 Å². The summed E-state index contributed by atoms with van der Waals surface area (Å²) >= 11 is 0. The van der Waals surface area contributed by atoms with Gasteiger partial charge >= 0.3 is 0 Å². The van der Waals surface area contributed by atoms with Crippen LogP contribution in [0.25, 0.3) is 44.3 Å². The molecule has 8 heteroatoms. The number of aromatic amines is 1. The Morgan fingerprint density at radius 2 is 2.15 bits per heavy atom. The number of oxazole rings is 1. The van der Waals surface area contributed by atoms with Crippen molar-refractivity contribution in [1.82, 2.24) is 24.7 Å². The first kappa shape index (κ1) is 14.6. The second-order valence-electron chi connectivity index (χ2n) is 6.80. The highest BCUT2D eigenvalue weighted by atomic mass is 19.1. The van der Waals surface area contributed by atoms with Gasteiger partial charge in [-0.1, -0.05) is 6.07 Å². The Hall–Kier alpha value is -3.55. The molecule has 5 aromatic rings. The van der Waals surface area contributed by atoms with Gasteiger partial charge in [-0.3, -0.25) is 14.5 Å². The maximum Gasteiger partial charge on any atom is 0.282 e. The first-order valence-electron chi connectivity index (χ1n) is 8.62. The molecule has 27 heavy (non-hydrogen) atoms. The Balaban J connectivity index is 1.71. The smallest absolute Gasteiger partial charge is 0.282 e. The quantitative estimate of drug-likeness (QED) is 0.519. The average molecular weight is 361 g/mol.